The highest BCUT2D eigenvalue weighted by Crippen LogP contribution is 2.41. The summed E-state index contributed by atoms with van der Waals surface area (Å²) in [6.07, 6.45) is 0.983. The minimum absolute atomic E-state index is 0.212. The zero-order chi connectivity index (χ0) is 14.1. The van der Waals surface area contributed by atoms with Crippen LogP contribution in [0.2, 0.25) is 0 Å². The van der Waals surface area contributed by atoms with E-state index in [-0.39, 0.29) is 11.8 Å². The van der Waals surface area contributed by atoms with Crippen molar-refractivity contribution in [1.29, 1.82) is 0 Å². The van der Waals surface area contributed by atoms with E-state index in [0.29, 0.717) is 11.4 Å². The number of carbonyl (C=O) groups is 1. The Hall–Kier alpha value is -2.30. The Morgan fingerprint density at radius 1 is 1.40 bits per heavy atom. The number of aryl methyl sites for hydroxylation is 1. The normalized spacial score (nSPS) is 16.8. The first-order valence-corrected chi connectivity index (χ1v) is 6.68. The zero-order valence-corrected chi connectivity index (χ0v) is 11.6. The summed E-state index contributed by atoms with van der Waals surface area (Å²) in [5.74, 6) is 0.614. The highest BCUT2D eigenvalue weighted by Gasteiger charge is 2.33. The average Bonchev–Trinajstić information content (AvgIpc) is 3.05. The third-order valence-corrected chi connectivity index (χ3v) is 3.75. The zero-order valence-electron chi connectivity index (χ0n) is 11.6. The van der Waals surface area contributed by atoms with Crippen molar-refractivity contribution in [3.8, 4) is 5.75 Å². The number of carbonyl (C=O) groups excluding carboxylic acids is 1. The summed E-state index contributed by atoms with van der Waals surface area (Å²) in [5.41, 5.74) is 2.59. The number of ether oxygens (including phenoxy) is 1. The van der Waals surface area contributed by atoms with Crippen molar-refractivity contribution >= 4 is 5.91 Å². The van der Waals surface area contributed by atoms with Gasteiger partial charge in [0.2, 0.25) is 0 Å². The van der Waals surface area contributed by atoms with Crippen LogP contribution < -0.4 is 10.1 Å². The lowest BCUT2D eigenvalue weighted by atomic mass is 9.94. The van der Waals surface area contributed by atoms with Crippen LogP contribution in [0.4, 0.5) is 0 Å². The second-order valence-corrected chi connectivity index (χ2v) is 4.82. The van der Waals surface area contributed by atoms with Gasteiger partial charge in [0.05, 0.1) is 12.8 Å². The molecule has 0 saturated heterocycles. The van der Waals surface area contributed by atoms with E-state index in [9.17, 15) is 4.79 Å². The average molecular weight is 271 g/mol. The molecule has 2 heterocycles. The number of rotatable bonds is 3. The molecule has 0 bridgehead atoms. The van der Waals surface area contributed by atoms with E-state index in [2.05, 4.69) is 22.5 Å². The smallest absolute Gasteiger partial charge is 0.275 e. The van der Waals surface area contributed by atoms with Crippen molar-refractivity contribution in [2.45, 2.75) is 18.9 Å². The number of benzene rings is 1. The molecule has 1 atom stereocenters. The summed E-state index contributed by atoms with van der Waals surface area (Å²) in [5, 5.41) is 6.99. The molecule has 1 amide bonds. The van der Waals surface area contributed by atoms with Crippen LogP contribution in [0.3, 0.4) is 0 Å². The summed E-state index contributed by atoms with van der Waals surface area (Å²) in [4.78, 5) is 11.9. The van der Waals surface area contributed by atoms with Crippen LogP contribution >= 0.6 is 0 Å². The first-order valence-electron chi connectivity index (χ1n) is 6.68. The van der Waals surface area contributed by atoms with Crippen LogP contribution in [0.5, 0.6) is 5.75 Å². The van der Waals surface area contributed by atoms with Gasteiger partial charge in [0.1, 0.15) is 0 Å². The molecule has 1 aliphatic heterocycles. The van der Waals surface area contributed by atoms with Crippen molar-refractivity contribution < 1.29 is 9.53 Å². The Balaban J connectivity index is 2.08. The quantitative estimate of drug-likeness (QED) is 0.926. The van der Waals surface area contributed by atoms with Crippen molar-refractivity contribution in [1.82, 2.24) is 15.1 Å². The van der Waals surface area contributed by atoms with Crippen molar-refractivity contribution in [2.24, 2.45) is 0 Å². The summed E-state index contributed by atoms with van der Waals surface area (Å²) >= 11 is 0. The summed E-state index contributed by atoms with van der Waals surface area (Å²) < 4.78 is 7.35. The molecule has 1 aliphatic rings. The predicted molar refractivity (Wildman–Crippen MR) is 75.1 cm³/mol. The second kappa shape index (κ2) is 5.00. The monoisotopic (exact) mass is 271 g/mol. The minimum Gasteiger partial charge on any atom is -0.492 e. The lowest BCUT2D eigenvalue weighted by Gasteiger charge is -2.11. The molecule has 20 heavy (non-hydrogen) atoms. The highest BCUT2D eigenvalue weighted by atomic mass is 16.5. The third-order valence-electron chi connectivity index (χ3n) is 3.75. The Morgan fingerprint density at radius 2 is 2.15 bits per heavy atom. The van der Waals surface area contributed by atoms with E-state index in [1.165, 1.54) is 5.56 Å². The standard InChI is InChI=1S/C15H17N3O2/c1-16-15(19)12-14(20-2)13-11(8-9-18(13)17-12)10-6-4-3-5-7-10/h3-7,11H,8-9H2,1-2H3,(H,16,19). The molecular weight excluding hydrogens is 254 g/mol. The van der Waals surface area contributed by atoms with Gasteiger partial charge in [-0.1, -0.05) is 30.3 Å². The maximum atomic E-state index is 11.9. The second-order valence-electron chi connectivity index (χ2n) is 4.82. The highest BCUT2D eigenvalue weighted by molar-refractivity contribution is 5.95. The van der Waals surface area contributed by atoms with Gasteiger partial charge in [-0.25, -0.2) is 0 Å². The molecule has 0 fully saturated rings. The van der Waals surface area contributed by atoms with Crippen LogP contribution in [0.1, 0.15) is 34.1 Å². The van der Waals surface area contributed by atoms with Gasteiger partial charge in [0.15, 0.2) is 11.4 Å². The van der Waals surface area contributed by atoms with Gasteiger partial charge < -0.3 is 10.1 Å². The molecule has 3 rings (SSSR count). The maximum Gasteiger partial charge on any atom is 0.275 e. The first-order chi connectivity index (χ1) is 9.76. The van der Waals surface area contributed by atoms with Crippen LogP contribution in [0.25, 0.3) is 0 Å². The fourth-order valence-corrected chi connectivity index (χ4v) is 2.83. The van der Waals surface area contributed by atoms with Gasteiger partial charge in [0, 0.05) is 19.5 Å². The van der Waals surface area contributed by atoms with Gasteiger partial charge in [-0.2, -0.15) is 5.10 Å². The fourth-order valence-electron chi connectivity index (χ4n) is 2.83. The molecule has 0 saturated carbocycles. The number of nitrogens with one attached hydrogen (secondary N) is 1. The molecule has 5 nitrogen and oxygen atoms in total. The minimum atomic E-state index is -0.212. The molecule has 2 aromatic rings. The molecular formula is C15H17N3O2. The van der Waals surface area contributed by atoms with E-state index >= 15 is 0 Å². The summed E-state index contributed by atoms with van der Waals surface area (Å²) in [7, 11) is 3.19. The third kappa shape index (κ3) is 1.86. The van der Waals surface area contributed by atoms with Crippen LogP contribution in [0, 0.1) is 0 Å². The Kier molecular flexibility index (Phi) is 3.18. The Labute approximate surface area is 117 Å². The summed E-state index contributed by atoms with van der Waals surface area (Å²) in [6, 6.07) is 10.3. The number of aromatic nitrogens is 2. The van der Waals surface area contributed by atoms with Gasteiger partial charge in [-0.3, -0.25) is 9.48 Å². The molecule has 5 heteroatoms. The van der Waals surface area contributed by atoms with Gasteiger partial charge in [-0.15, -0.1) is 0 Å². The molecule has 0 spiro atoms. The molecule has 0 radical (unpaired) electrons. The predicted octanol–water partition coefficient (Wildman–Crippen LogP) is 1.79. The number of hydrogen-bond acceptors (Lipinski definition) is 3. The number of hydrogen-bond donors (Lipinski definition) is 1. The first kappa shape index (κ1) is 12.7. The number of fused-ring (bicyclic) bond motifs is 1. The van der Waals surface area contributed by atoms with Crippen LogP contribution in [0.15, 0.2) is 30.3 Å². The number of nitrogens with zero attached hydrogens (tertiary/aromatic N) is 2. The summed E-state index contributed by atoms with van der Waals surface area (Å²) in [6.45, 7) is 0.808. The molecule has 104 valence electrons. The maximum absolute atomic E-state index is 11.9. The SMILES string of the molecule is CNC(=O)c1nn2c(c1OC)C(c1ccccc1)CC2. The van der Waals surface area contributed by atoms with Crippen molar-refractivity contribution in [3.63, 3.8) is 0 Å². The topological polar surface area (TPSA) is 56.2 Å². The van der Waals surface area contributed by atoms with Crippen LogP contribution in [-0.4, -0.2) is 29.8 Å². The molecule has 0 aliphatic carbocycles. The Bertz CT molecular complexity index is 634. The number of amides is 1. The van der Waals surface area contributed by atoms with Gasteiger partial charge >= 0.3 is 0 Å². The van der Waals surface area contributed by atoms with Crippen molar-refractivity contribution in [2.75, 3.05) is 14.2 Å². The van der Waals surface area contributed by atoms with E-state index in [0.717, 1.165) is 18.7 Å². The fraction of sp³-hybridized carbons (Fsp3) is 0.333. The molecule has 1 aromatic heterocycles. The lowest BCUT2D eigenvalue weighted by molar-refractivity contribution is 0.0954. The largest absolute Gasteiger partial charge is 0.492 e. The molecule has 1 aromatic carbocycles. The van der Waals surface area contributed by atoms with Crippen molar-refractivity contribution in [3.05, 3.63) is 47.3 Å². The van der Waals surface area contributed by atoms with E-state index in [1.807, 2.05) is 22.9 Å². The number of methoxy groups -OCH3 is 1. The molecule has 1 unspecified atom stereocenters. The lowest BCUT2D eigenvalue weighted by Crippen LogP contribution is -2.19. The van der Waals surface area contributed by atoms with E-state index in [1.54, 1.807) is 14.2 Å². The van der Waals surface area contributed by atoms with E-state index in [4.69, 9.17) is 4.74 Å². The van der Waals surface area contributed by atoms with Gasteiger partial charge in [-0.05, 0) is 12.0 Å². The molecule has 1 N–H and O–H groups in total. The van der Waals surface area contributed by atoms with Crippen LogP contribution in [-0.2, 0) is 6.54 Å². The Morgan fingerprint density at radius 3 is 2.80 bits per heavy atom. The van der Waals surface area contributed by atoms with E-state index < -0.39 is 0 Å². The van der Waals surface area contributed by atoms with Gasteiger partial charge in [0.25, 0.3) is 5.91 Å².